The molecule has 3 nitrogen and oxygen atoms in total. The summed E-state index contributed by atoms with van der Waals surface area (Å²) in [5.74, 6) is 0.554. The van der Waals surface area contributed by atoms with Crippen molar-refractivity contribution < 1.29 is 22.6 Å². The molecule has 1 heterocycles. The van der Waals surface area contributed by atoms with Gasteiger partial charge in [0.25, 0.3) is 0 Å². The quantitative estimate of drug-likeness (QED) is 0.676. The Morgan fingerprint density at radius 3 is 2.43 bits per heavy atom. The molecular formula is C17H12F3NO2. The largest absolute Gasteiger partial charge is 0.497 e. The van der Waals surface area contributed by atoms with Crippen molar-refractivity contribution in [2.75, 3.05) is 7.11 Å². The van der Waals surface area contributed by atoms with E-state index in [-0.39, 0.29) is 11.5 Å². The second-order valence-electron chi connectivity index (χ2n) is 4.82. The minimum Gasteiger partial charge on any atom is -0.497 e. The van der Waals surface area contributed by atoms with E-state index in [1.54, 1.807) is 24.4 Å². The van der Waals surface area contributed by atoms with Gasteiger partial charge in [0.2, 0.25) is 0 Å². The molecule has 6 heteroatoms. The Morgan fingerprint density at radius 2 is 1.70 bits per heavy atom. The first-order valence-electron chi connectivity index (χ1n) is 6.75. The zero-order chi connectivity index (χ0) is 16.4. The summed E-state index contributed by atoms with van der Waals surface area (Å²) >= 11 is 0. The Balaban J connectivity index is 2.05. The summed E-state index contributed by atoms with van der Waals surface area (Å²) in [6, 6.07) is 12.1. The summed E-state index contributed by atoms with van der Waals surface area (Å²) in [5, 5.41) is 0.714. The Kier molecular flexibility index (Phi) is 3.82. The molecule has 0 saturated carbocycles. The first kappa shape index (κ1) is 15.1. The number of nitrogens with zero attached hydrogens (tertiary/aromatic N) is 1. The van der Waals surface area contributed by atoms with E-state index >= 15 is 0 Å². The Morgan fingerprint density at radius 1 is 0.957 bits per heavy atom. The zero-order valence-electron chi connectivity index (χ0n) is 12.1. The predicted octanol–water partition coefficient (Wildman–Crippen LogP) is 5.05. The fourth-order valence-corrected chi connectivity index (χ4v) is 2.20. The van der Waals surface area contributed by atoms with Gasteiger partial charge in [0.1, 0.15) is 17.2 Å². The number of aromatic nitrogens is 1. The van der Waals surface area contributed by atoms with E-state index < -0.39 is 11.7 Å². The number of alkyl halides is 3. The van der Waals surface area contributed by atoms with Gasteiger partial charge >= 0.3 is 6.18 Å². The van der Waals surface area contributed by atoms with Gasteiger partial charge in [-0.3, -0.25) is 4.98 Å². The summed E-state index contributed by atoms with van der Waals surface area (Å²) in [6.07, 6.45) is -2.94. The number of benzene rings is 2. The van der Waals surface area contributed by atoms with Crippen molar-refractivity contribution in [3.63, 3.8) is 0 Å². The van der Waals surface area contributed by atoms with E-state index in [0.29, 0.717) is 16.7 Å². The van der Waals surface area contributed by atoms with Gasteiger partial charge in [0.05, 0.1) is 18.2 Å². The number of rotatable bonds is 3. The molecule has 23 heavy (non-hydrogen) atoms. The highest BCUT2D eigenvalue weighted by Gasteiger charge is 2.31. The first-order valence-corrected chi connectivity index (χ1v) is 6.75. The van der Waals surface area contributed by atoms with Crippen molar-refractivity contribution >= 4 is 10.9 Å². The average molecular weight is 319 g/mol. The van der Waals surface area contributed by atoms with Gasteiger partial charge < -0.3 is 9.47 Å². The second-order valence-corrected chi connectivity index (χ2v) is 4.82. The maximum absolute atomic E-state index is 13.0. The van der Waals surface area contributed by atoms with Crippen LogP contribution in [0.4, 0.5) is 13.2 Å². The molecule has 0 aliphatic heterocycles. The van der Waals surface area contributed by atoms with Gasteiger partial charge in [-0.2, -0.15) is 13.2 Å². The van der Waals surface area contributed by atoms with Crippen LogP contribution >= 0.6 is 0 Å². The molecule has 2 aromatic carbocycles. The van der Waals surface area contributed by atoms with E-state index in [2.05, 4.69) is 4.98 Å². The zero-order valence-corrected chi connectivity index (χ0v) is 12.1. The predicted molar refractivity (Wildman–Crippen MR) is 79.8 cm³/mol. The maximum atomic E-state index is 13.0. The fraction of sp³-hybridized carbons (Fsp3) is 0.118. The number of para-hydroxylation sites is 1. The van der Waals surface area contributed by atoms with Gasteiger partial charge in [0, 0.05) is 17.6 Å². The molecule has 0 atom stereocenters. The van der Waals surface area contributed by atoms with Crippen LogP contribution in [0, 0.1) is 0 Å². The number of hydrogen-bond acceptors (Lipinski definition) is 3. The van der Waals surface area contributed by atoms with Crippen molar-refractivity contribution in [1.29, 1.82) is 0 Å². The normalized spacial score (nSPS) is 11.5. The van der Waals surface area contributed by atoms with Crippen LogP contribution in [0.1, 0.15) is 5.56 Å². The van der Waals surface area contributed by atoms with Crippen LogP contribution in [-0.2, 0) is 6.18 Å². The van der Waals surface area contributed by atoms with Crippen LogP contribution in [0.25, 0.3) is 10.9 Å². The summed E-state index contributed by atoms with van der Waals surface area (Å²) in [6.45, 7) is 0. The number of halogens is 3. The summed E-state index contributed by atoms with van der Waals surface area (Å²) in [4.78, 5) is 4.19. The highest BCUT2D eigenvalue weighted by molar-refractivity contribution is 5.84. The van der Waals surface area contributed by atoms with Crippen molar-refractivity contribution in [3.05, 3.63) is 60.3 Å². The third-order valence-corrected chi connectivity index (χ3v) is 3.28. The highest BCUT2D eigenvalue weighted by Crippen LogP contribution is 2.37. The molecule has 0 aliphatic carbocycles. The highest BCUT2D eigenvalue weighted by atomic mass is 19.4. The maximum Gasteiger partial charge on any atom is 0.416 e. The minimum absolute atomic E-state index is 0.0491. The molecule has 0 amide bonds. The van der Waals surface area contributed by atoms with Gasteiger partial charge in [-0.25, -0.2) is 0 Å². The summed E-state index contributed by atoms with van der Waals surface area (Å²) in [7, 11) is 1.31. The first-order chi connectivity index (χ1) is 11.0. The van der Waals surface area contributed by atoms with Crippen molar-refractivity contribution in [2.45, 2.75) is 6.18 Å². The lowest BCUT2D eigenvalue weighted by Crippen LogP contribution is -2.05. The van der Waals surface area contributed by atoms with E-state index in [1.807, 2.05) is 12.1 Å². The number of pyridine rings is 1. The van der Waals surface area contributed by atoms with Crippen LogP contribution < -0.4 is 9.47 Å². The molecule has 0 saturated heterocycles. The van der Waals surface area contributed by atoms with Gasteiger partial charge in [0.15, 0.2) is 0 Å². The topological polar surface area (TPSA) is 31.4 Å². The van der Waals surface area contributed by atoms with Gasteiger partial charge in [-0.1, -0.05) is 12.1 Å². The Labute approximate surface area is 130 Å². The Bertz CT molecular complexity index is 841. The lowest BCUT2D eigenvalue weighted by molar-refractivity contribution is -0.137. The fourth-order valence-electron chi connectivity index (χ4n) is 2.20. The minimum atomic E-state index is -4.48. The molecule has 0 fully saturated rings. The number of ether oxygens (including phenoxy) is 2. The van der Waals surface area contributed by atoms with E-state index in [0.717, 1.165) is 12.1 Å². The molecule has 0 N–H and O–H groups in total. The summed E-state index contributed by atoms with van der Waals surface area (Å²) < 4.78 is 49.4. The Hall–Kier alpha value is -2.76. The van der Waals surface area contributed by atoms with Crippen LogP contribution in [-0.4, -0.2) is 12.1 Å². The molecule has 0 unspecified atom stereocenters. The molecule has 3 aromatic rings. The molecule has 0 aliphatic rings. The summed E-state index contributed by atoms with van der Waals surface area (Å²) in [5.41, 5.74) is -0.130. The van der Waals surface area contributed by atoms with Gasteiger partial charge in [-0.15, -0.1) is 0 Å². The van der Waals surface area contributed by atoms with Crippen LogP contribution in [0.2, 0.25) is 0 Å². The number of hydrogen-bond donors (Lipinski definition) is 0. The van der Waals surface area contributed by atoms with Crippen molar-refractivity contribution in [2.24, 2.45) is 0 Å². The third-order valence-electron chi connectivity index (χ3n) is 3.28. The van der Waals surface area contributed by atoms with E-state index in [9.17, 15) is 13.2 Å². The van der Waals surface area contributed by atoms with Crippen LogP contribution in [0.15, 0.2) is 54.7 Å². The molecule has 3 rings (SSSR count). The van der Waals surface area contributed by atoms with E-state index in [1.165, 1.54) is 13.2 Å². The lowest BCUT2D eigenvalue weighted by atomic mass is 10.2. The molecule has 1 aromatic heterocycles. The van der Waals surface area contributed by atoms with Gasteiger partial charge in [-0.05, 0) is 30.3 Å². The standard InChI is InChI=1S/C17H12F3NO2/c1-22-12-8-11(17(18,19)20)9-13(10-12)23-16-6-7-21-15-5-3-2-4-14(15)16/h2-10H,1H3. The third kappa shape index (κ3) is 3.21. The second kappa shape index (κ2) is 5.79. The van der Waals surface area contributed by atoms with E-state index in [4.69, 9.17) is 9.47 Å². The molecular weight excluding hydrogens is 307 g/mol. The average Bonchev–Trinajstić information content (AvgIpc) is 2.54. The molecule has 0 spiro atoms. The molecule has 118 valence electrons. The number of fused-ring (bicyclic) bond motifs is 1. The SMILES string of the molecule is COc1cc(Oc2ccnc3ccccc23)cc(C(F)(F)F)c1. The van der Waals surface area contributed by atoms with Crippen LogP contribution in [0.5, 0.6) is 17.2 Å². The monoisotopic (exact) mass is 319 g/mol. The molecule has 0 radical (unpaired) electrons. The lowest BCUT2D eigenvalue weighted by Gasteiger charge is -2.13. The molecule has 0 bridgehead atoms. The van der Waals surface area contributed by atoms with Crippen molar-refractivity contribution in [3.8, 4) is 17.2 Å². The number of methoxy groups -OCH3 is 1. The van der Waals surface area contributed by atoms with Crippen molar-refractivity contribution in [1.82, 2.24) is 4.98 Å². The van der Waals surface area contributed by atoms with Crippen LogP contribution in [0.3, 0.4) is 0 Å². The smallest absolute Gasteiger partial charge is 0.416 e.